The van der Waals surface area contributed by atoms with Crippen molar-refractivity contribution in [1.29, 1.82) is 0 Å². The summed E-state index contributed by atoms with van der Waals surface area (Å²) < 4.78 is 0. The van der Waals surface area contributed by atoms with Crippen molar-refractivity contribution in [2.75, 3.05) is 0 Å². The van der Waals surface area contributed by atoms with Gasteiger partial charge in [0, 0.05) is 26.9 Å². The summed E-state index contributed by atoms with van der Waals surface area (Å²) in [4.78, 5) is 12.7. The Morgan fingerprint density at radius 1 is 0.909 bits per heavy atom. The van der Waals surface area contributed by atoms with Crippen molar-refractivity contribution in [3.8, 4) is 11.5 Å². The highest BCUT2D eigenvalue weighted by atomic mass is 35.5. The SMILES string of the molecule is Cc1c(C(=O)c2ccc(Cl)cc2)c(O)c2ccccc2c1O. The van der Waals surface area contributed by atoms with E-state index >= 15 is 0 Å². The maximum Gasteiger partial charge on any atom is 0.197 e. The van der Waals surface area contributed by atoms with Crippen LogP contribution in [-0.4, -0.2) is 16.0 Å². The highest BCUT2D eigenvalue weighted by Crippen LogP contribution is 2.39. The number of halogens is 1. The third kappa shape index (κ3) is 2.20. The molecule has 0 atom stereocenters. The molecule has 110 valence electrons. The standard InChI is InChI=1S/C18H13ClO3/c1-10-15(17(21)11-6-8-12(19)9-7-11)18(22)14-5-3-2-4-13(14)16(10)20/h2-9,20,22H,1H3. The van der Waals surface area contributed by atoms with E-state index in [9.17, 15) is 15.0 Å². The predicted molar refractivity (Wildman–Crippen MR) is 86.9 cm³/mol. The van der Waals surface area contributed by atoms with Gasteiger partial charge in [-0.3, -0.25) is 4.79 Å². The lowest BCUT2D eigenvalue weighted by Crippen LogP contribution is -2.05. The first-order valence-corrected chi connectivity index (χ1v) is 7.12. The van der Waals surface area contributed by atoms with Crippen molar-refractivity contribution in [2.24, 2.45) is 0 Å². The van der Waals surface area contributed by atoms with E-state index in [1.165, 1.54) is 0 Å². The minimum absolute atomic E-state index is 0.00529. The van der Waals surface area contributed by atoms with Crippen LogP contribution in [0.5, 0.6) is 11.5 Å². The first-order valence-electron chi connectivity index (χ1n) is 6.74. The van der Waals surface area contributed by atoms with Crippen LogP contribution in [0.3, 0.4) is 0 Å². The normalized spacial score (nSPS) is 10.8. The number of phenolic OH excluding ortho intramolecular Hbond substituents is 2. The van der Waals surface area contributed by atoms with Gasteiger partial charge in [-0.2, -0.15) is 0 Å². The number of carbonyl (C=O) groups excluding carboxylic acids is 1. The molecule has 0 aliphatic carbocycles. The van der Waals surface area contributed by atoms with Gasteiger partial charge in [-0.05, 0) is 31.2 Å². The number of phenols is 2. The van der Waals surface area contributed by atoms with Crippen LogP contribution in [0.2, 0.25) is 5.02 Å². The molecule has 0 saturated carbocycles. The summed E-state index contributed by atoms with van der Waals surface area (Å²) in [5, 5.41) is 22.3. The third-order valence-electron chi connectivity index (χ3n) is 3.74. The zero-order valence-electron chi connectivity index (χ0n) is 11.8. The lowest BCUT2D eigenvalue weighted by Gasteiger charge is -2.13. The summed E-state index contributed by atoms with van der Waals surface area (Å²) >= 11 is 5.83. The Morgan fingerprint density at radius 2 is 1.45 bits per heavy atom. The molecule has 0 bridgehead atoms. The van der Waals surface area contributed by atoms with Crippen molar-refractivity contribution in [3.63, 3.8) is 0 Å². The quantitative estimate of drug-likeness (QED) is 0.543. The molecule has 3 aromatic rings. The van der Waals surface area contributed by atoms with Crippen molar-refractivity contribution in [2.45, 2.75) is 6.92 Å². The van der Waals surface area contributed by atoms with E-state index in [0.717, 1.165) is 0 Å². The molecule has 0 fully saturated rings. The van der Waals surface area contributed by atoms with Crippen LogP contribution in [0, 0.1) is 6.92 Å². The van der Waals surface area contributed by atoms with E-state index in [4.69, 9.17) is 11.6 Å². The van der Waals surface area contributed by atoms with Gasteiger partial charge in [0.2, 0.25) is 0 Å². The number of hydrogen-bond donors (Lipinski definition) is 2. The summed E-state index contributed by atoms with van der Waals surface area (Å²) in [7, 11) is 0. The Kier molecular flexibility index (Phi) is 3.51. The highest BCUT2D eigenvalue weighted by Gasteiger charge is 2.22. The molecule has 0 saturated heterocycles. The van der Waals surface area contributed by atoms with E-state index in [2.05, 4.69) is 0 Å². The molecule has 2 N–H and O–H groups in total. The molecule has 0 aliphatic heterocycles. The van der Waals surface area contributed by atoms with Gasteiger partial charge in [-0.25, -0.2) is 0 Å². The minimum atomic E-state index is -0.354. The second kappa shape index (κ2) is 5.35. The number of ketones is 1. The number of rotatable bonds is 2. The van der Waals surface area contributed by atoms with E-state index in [1.54, 1.807) is 55.5 Å². The van der Waals surface area contributed by atoms with Gasteiger partial charge in [-0.15, -0.1) is 0 Å². The Morgan fingerprint density at radius 3 is 2.05 bits per heavy atom. The summed E-state index contributed by atoms with van der Waals surface area (Å²) in [5.41, 5.74) is 0.868. The maximum atomic E-state index is 12.7. The fourth-order valence-electron chi connectivity index (χ4n) is 2.55. The topological polar surface area (TPSA) is 57.5 Å². The smallest absolute Gasteiger partial charge is 0.197 e. The molecule has 0 amide bonds. The van der Waals surface area contributed by atoms with Crippen LogP contribution in [-0.2, 0) is 0 Å². The van der Waals surface area contributed by atoms with Gasteiger partial charge in [0.25, 0.3) is 0 Å². The summed E-state index contributed by atoms with van der Waals surface area (Å²) in [6.07, 6.45) is 0. The van der Waals surface area contributed by atoms with Crippen molar-refractivity contribution in [3.05, 3.63) is 70.2 Å². The fraction of sp³-hybridized carbons (Fsp3) is 0.0556. The molecule has 0 spiro atoms. The van der Waals surface area contributed by atoms with Crippen LogP contribution in [0.15, 0.2) is 48.5 Å². The summed E-state index contributed by atoms with van der Waals surface area (Å²) in [5.74, 6) is -0.468. The number of aromatic hydroxyl groups is 2. The van der Waals surface area contributed by atoms with Gasteiger partial charge in [0.1, 0.15) is 11.5 Å². The molecular weight excluding hydrogens is 300 g/mol. The van der Waals surface area contributed by atoms with Gasteiger partial charge in [0.15, 0.2) is 5.78 Å². The van der Waals surface area contributed by atoms with Gasteiger partial charge in [-0.1, -0.05) is 35.9 Å². The van der Waals surface area contributed by atoms with Crippen molar-refractivity contribution in [1.82, 2.24) is 0 Å². The average molecular weight is 313 g/mol. The lowest BCUT2D eigenvalue weighted by atomic mass is 9.93. The average Bonchev–Trinajstić information content (AvgIpc) is 2.53. The number of benzene rings is 3. The Hall–Kier alpha value is -2.52. The molecule has 4 heteroatoms. The Balaban J connectivity index is 2.26. The first kappa shape index (κ1) is 14.4. The number of hydrogen-bond acceptors (Lipinski definition) is 3. The Bertz CT molecular complexity index is 883. The second-order valence-corrected chi connectivity index (χ2v) is 5.52. The molecule has 22 heavy (non-hydrogen) atoms. The number of carbonyl (C=O) groups is 1. The maximum absolute atomic E-state index is 12.7. The van der Waals surface area contributed by atoms with Crippen LogP contribution in [0.4, 0.5) is 0 Å². The van der Waals surface area contributed by atoms with E-state index in [0.29, 0.717) is 26.9 Å². The zero-order chi connectivity index (χ0) is 15.9. The lowest BCUT2D eigenvalue weighted by molar-refractivity contribution is 0.103. The second-order valence-electron chi connectivity index (χ2n) is 5.08. The molecular formula is C18H13ClO3. The predicted octanol–water partition coefficient (Wildman–Crippen LogP) is 4.44. The van der Waals surface area contributed by atoms with Crippen LogP contribution in [0.25, 0.3) is 10.8 Å². The largest absolute Gasteiger partial charge is 0.507 e. The Labute approximate surface area is 132 Å². The summed E-state index contributed by atoms with van der Waals surface area (Å²) in [6, 6.07) is 13.3. The summed E-state index contributed by atoms with van der Waals surface area (Å²) in [6.45, 7) is 1.62. The molecule has 0 heterocycles. The van der Waals surface area contributed by atoms with Crippen LogP contribution < -0.4 is 0 Å². The molecule has 0 aromatic heterocycles. The molecule has 0 unspecified atom stereocenters. The zero-order valence-corrected chi connectivity index (χ0v) is 12.6. The fourth-order valence-corrected chi connectivity index (χ4v) is 2.68. The number of fused-ring (bicyclic) bond motifs is 1. The van der Waals surface area contributed by atoms with Crippen LogP contribution in [0.1, 0.15) is 21.5 Å². The monoisotopic (exact) mass is 312 g/mol. The minimum Gasteiger partial charge on any atom is -0.507 e. The van der Waals surface area contributed by atoms with Gasteiger partial charge >= 0.3 is 0 Å². The van der Waals surface area contributed by atoms with Crippen molar-refractivity contribution >= 4 is 28.2 Å². The molecule has 3 rings (SSSR count). The molecule has 0 radical (unpaired) electrons. The molecule has 0 aliphatic rings. The highest BCUT2D eigenvalue weighted by molar-refractivity contribution is 6.30. The van der Waals surface area contributed by atoms with E-state index < -0.39 is 0 Å². The van der Waals surface area contributed by atoms with E-state index in [1.807, 2.05) is 0 Å². The molecule has 3 nitrogen and oxygen atoms in total. The third-order valence-corrected chi connectivity index (χ3v) is 3.99. The van der Waals surface area contributed by atoms with Gasteiger partial charge in [0.05, 0.1) is 5.56 Å². The molecule has 3 aromatic carbocycles. The van der Waals surface area contributed by atoms with E-state index in [-0.39, 0.29) is 22.8 Å². The van der Waals surface area contributed by atoms with Crippen LogP contribution >= 0.6 is 11.6 Å². The van der Waals surface area contributed by atoms with Gasteiger partial charge < -0.3 is 10.2 Å². The van der Waals surface area contributed by atoms with Crippen molar-refractivity contribution < 1.29 is 15.0 Å². The first-order chi connectivity index (χ1) is 10.5.